The number of nitrogens with one attached hydrogen (secondary N) is 2. The molecule has 164 valence electrons. The van der Waals surface area contributed by atoms with Crippen LogP contribution in [0.4, 0.5) is 24.9 Å². The second kappa shape index (κ2) is 10.00. The lowest BCUT2D eigenvalue weighted by Gasteiger charge is -2.15. The molecule has 0 aliphatic heterocycles. The normalized spacial score (nSPS) is 12.3. The summed E-state index contributed by atoms with van der Waals surface area (Å²) in [7, 11) is 0. The van der Waals surface area contributed by atoms with E-state index in [0.717, 1.165) is 16.5 Å². The van der Waals surface area contributed by atoms with Crippen molar-refractivity contribution in [1.82, 2.24) is 9.97 Å². The van der Waals surface area contributed by atoms with E-state index in [4.69, 9.17) is 0 Å². The Kier molecular flexibility index (Phi) is 7.37. The lowest BCUT2D eigenvalue weighted by molar-refractivity contribution is -0.274. The van der Waals surface area contributed by atoms with Gasteiger partial charge in [-0.1, -0.05) is 47.1 Å². The zero-order valence-electron chi connectivity index (χ0n) is 17.0. The van der Waals surface area contributed by atoms with E-state index in [9.17, 15) is 13.2 Å². The Bertz CT molecular complexity index is 1010. The average Bonchev–Trinajstić information content (AvgIpc) is 2.72. The molecule has 3 aromatic rings. The Labute approximate surface area is 187 Å². The molecule has 0 aliphatic rings. The molecule has 0 fully saturated rings. The van der Waals surface area contributed by atoms with E-state index in [1.807, 2.05) is 38.1 Å². The number of ether oxygens (including phenoxy) is 1. The van der Waals surface area contributed by atoms with Crippen molar-refractivity contribution >= 4 is 27.7 Å². The van der Waals surface area contributed by atoms with Crippen LogP contribution in [0.2, 0.25) is 0 Å². The topological polar surface area (TPSA) is 59.1 Å². The molecule has 1 heterocycles. The van der Waals surface area contributed by atoms with Crippen molar-refractivity contribution in [3.63, 3.8) is 0 Å². The van der Waals surface area contributed by atoms with Crippen LogP contribution >= 0.6 is 15.9 Å². The largest absolute Gasteiger partial charge is 0.573 e. The number of hydrogen-bond acceptors (Lipinski definition) is 5. The van der Waals surface area contributed by atoms with E-state index in [0.29, 0.717) is 29.6 Å². The van der Waals surface area contributed by atoms with E-state index < -0.39 is 6.36 Å². The minimum Gasteiger partial charge on any atom is -0.406 e. The fourth-order valence-corrected chi connectivity index (χ4v) is 2.98. The number of benzene rings is 2. The Morgan fingerprint density at radius 3 is 2.48 bits per heavy atom. The van der Waals surface area contributed by atoms with Gasteiger partial charge >= 0.3 is 6.36 Å². The van der Waals surface area contributed by atoms with Gasteiger partial charge in [0.25, 0.3) is 0 Å². The van der Waals surface area contributed by atoms with E-state index >= 15 is 0 Å². The molecular weight excluding hydrogens is 473 g/mol. The molecule has 0 aliphatic carbocycles. The molecule has 1 aromatic heterocycles. The molecule has 0 spiro atoms. The molecule has 0 amide bonds. The summed E-state index contributed by atoms with van der Waals surface area (Å²) in [4.78, 5) is 9.00. The number of nitrogens with zero attached hydrogens (tertiary/aromatic N) is 2. The van der Waals surface area contributed by atoms with Crippen molar-refractivity contribution in [1.29, 1.82) is 0 Å². The van der Waals surface area contributed by atoms with Crippen LogP contribution in [-0.2, 0) is 6.54 Å². The van der Waals surface area contributed by atoms with Crippen molar-refractivity contribution in [3.05, 3.63) is 64.6 Å². The number of hydrogen-bond donors (Lipinski definition) is 2. The molecule has 3 rings (SSSR count). The first-order valence-electron chi connectivity index (χ1n) is 9.72. The number of halogens is 4. The zero-order valence-corrected chi connectivity index (χ0v) is 18.6. The third-order valence-electron chi connectivity index (χ3n) is 4.46. The third kappa shape index (κ3) is 7.13. The van der Waals surface area contributed by atoms with Gasteiger partial charge in [0.2, 0.25) is 5.95 Å². The number of alkyl halides is 3. The lowest BCUT2D eigenvalue weighted by atomic mass is 10.1. The summed E-state index contributed by atoms with van der Waals surface area (Å²) in [5, 5.41) is 6.48. The predicted octanol–water partition coefficient (Wildman–Crippen LogP) is 6.63. The highest BCUT2D eigenvalue weighted by atomic mass is 79.9. The average molecular weight is 495 g/mol. The molecule has 0 saturated heterocycles. The Morgan fingerprint density at radius 1 is 1.06 bits per heavy atom. The van der Waals surface area contributed by atoms with E-state index in [-0.39, 0.29) is 11.8 Å². The van der Waals surface area contributed by atoms with Gasteiger partial charge in [-0.15, -0.1) is 13.2 Å². The van der Waals surface area contributed by atoms with Crippen molar-refractivity contribution in [2.75, 3.05) is 10.6 Å². The van der Waals surface area contributed by atoms with Crippen LogP contribution in [-0.4, -0.2) is 22.4 Å². The summed E-state index contributed by atoms with van der Waals surface area (Å²) in [5.74, 6) is 0.651. The summed E-state index contributed by atoms with van der Waals surface area (Å²) < 4.78 is 42.8. The Balaban J connectivity index is 1.89. The van der Waals surface area contributed by atoms with Crippen LogP contribution in [0.1, 0.15) is 25.8 Å². The molecule has 5 nitrogen and oxygen atoms in total. The maximum Gasteiger partial charge on any atom is 0.573 e. The molecule has 0 radical (unpaired) electrons. The Hall–Kier alpha value is -2.81. The van der Waals surface area contributed by atoms with Gasteiger partial charge in [0.1, 0.15) is 11.6 Å². The first kappa shape index (κ1) is 22.9. The second-order valence-corrected chi connectivity index (χ2v) is 7.89. The van der Waals surface area contributed by atoms with Gasteiger partial charge in [-0.3, -0.25) is 0 Å². The van der Waals surface area contributed by atoms with E-state index in [1.165, 1.54) is 18.2 Å². The Morgan fingerprint density at radius 2 is 1.81 bits per heavy atom. The highest BCUT2D eigenvalue weighted by molar-refractivity contribution is 9.10. The van der Waals surface area contributed by atoms with Crippen molar-refractivity contribution in [2.45, 2.75) is 39.2 Å². The van der Waals surface area contributed by atoms with Gasteiger partial charge in [-0.25, -0.2) is 4.98 Å². The fraction of sp³-hybridized carbons (Fsp3) is 0.273. The zero-order chi connectivity index (χ0) is 22.4. The van der Waals surface area contributed by atoms with Crippen LogP contribution < -0.4 is 15.4 Å². The van der Waals surface area contributed by atoms with Crippen molar-refractivity contribution < 1.29 is 17.9 Å². The van der Waals surface area contributed by atoms with Crippen LogP contribution in [0.15, 0.2) is 59.1 Å². The predicted molar refractivity (Wildman–Crippen MR) is 119 cm³/mol. The third-order valence-corrected chi connectivity index (χ3v) is 4.99. The van der Waals surface area contributed by atoms with Crippen LogP contribution in [0, 0.1) is 0 Å². The first-order valence-corrected chi connectivity index (χ1v) is 10.5. The molecule has 2 N–H and O–H groups in total. The number of rotatable bonds is 8. The number of aromatic nitrogens is 2. The maximum atomic E-state index is 12.6. The van der Waals surface area contributed by atoms with Crippen LogP contribution in [0.25, 0.3) is 11.3 Å². The van der Waals surface area contributed by atoms with Gasteiger partial charge in [0, 0.05) is 28.7 Å². The summed E-state index contributed by atoms with van der Waals surface area (Å²) in [6.45, 7) is 4.57. The van der Waals surface area contributed by atoms with Gasteiger partial charge < -0.3 is 15.4 Å². The summed E-state index contributed by atoms with van der Waals surface area (Å²) in [6.07, 6.45) is -3.89. The van der Waals surface area contributed by atoms with Gasteiger partial charge in [0.15, 0.2) is 0 Å². The minimum atomic E-state index is -4.76. The fourth-order valence-electron chi connectivity index (χ4n) is 2.72. The molecule has 0 saturated carbocycles. The van der Waals surface area contributed by atoms with Crippen molar-refractivity contribution in [2.24, 2.45) is 0 Å². The molecule has 0 unspecified atom stereocenters. The smallest absolute Gasteiger partial charge is 0.406 e. The quantitative estimate of drug-likeness (QED) is 0.368. The van der Waals surface area contributed by atoms with Crippen LogP contribution in [0.5, 0.6) is 5.75 Å². The van der Waals surface area contributed by atoms with E-state index in [2.05, 4.69) is 41.3 Å². The van der Waals surface area contributed by atoms with Crippen LogP contribution in [0.3, 0.4) is 0 Å². The first-order chi connectivity index (χ1) is 14.7. The minimum absolute atomic E-state index is 0.134. The van der Waals surface area contributed by atoms with Gasteiger partial charge in [-0.05, 0) is 43.2 Å². The number of anilines is 2. The van der Waals surface area contributed by atoms with Gasteiger partial charge in [0.05, 0.1) is 5.69 Å². The molecule has 0 bridgehead atoms. The molecule has 2 aromatic carbocycles. The van der Waals surface area contributed by atoms with E-state index in [1.54, 1.807) is 12.1 Å². The highest BCUT2D eigenvalue weighted by Crippen LogP contribution is 2.29. The standard InChI is InChI=1S/C22H22BrF3N4O/c1-3-14(2)28-21-29-19(16-5-4-6-18(11-16)31-22(24,25)26)12-20(30-21)27-13-15-7-9-17(23)10-8-15/h4-12,14H,3,13H2,1-2H3,(H2,27,28,29,30)/t14-/m1/s1. The summed E-state index contributed by atoms with van der Waals surface area (Å²) in [6, 6.07) is 15.4. The monoisotopic (exact) mass is 494 g/mol. The molecular formula is C22H22BrF3N4O. The molecule has 9 heteroatoms. The molecule has 1 atom stereocenters. The maximum absolute atomic E-state index is 12.6. The van der Waals surface area contributed by atoms with Gasteiger partial charge in [-0.2, -0.15) is 4.98 Å². The van der Waals surface area contributed by atoms with Crippen molar-refractivity contribution in [3.8, 4) is 17.0 Å². The summed E-state index contributed by atoms with van der Waals surface area (Å²) in [5.41, 5.74) is 2.02. The highest BCUT2D eigenvalue weighted by Gasteiger charge is 2.31. The lowest BCUT2D eigenvalue weighted by Crippen LogP contribution is -2.17. The SMILES string of the molecule is CC[C@@H](C)Nc1nc(NCc2ccc(Br)cc2)cc(-c2cccc(OC(F)(F)F)c2)n1. The second-order valence-electron chi connectivity index (χ2n) is 6.97. The molecule has 31 heavy (non-hydrogen) atoms. The summed E-state index contributed by atoms with van der Waals surface area (Å²) >= 11 is 3.41.